The standard InChI is InChI=1S/C16H26N2O/c1-12(18-15-4-2-3-14(17)11-15)5-6-13-7-9-16(19)10-8-13/h7-10,12,14-15,18-19H,2-6,11,17H2,1H3. The van der Waals surface area contributed by atoms with Crippen molar-refractivity contribution in [3.8, 4) is 5.75 Å². The van der Waals surface area contributed by atoms with Crippen molar-refractivity contribution in [2.75, 3.05) is 0 Å². The van der Waals surface area contributed by atoms with Crippen molar-refractivity contribution >= 4 is 0 Å². The number of rotatable bonds is 5. The Labute approximate surface area is 116 Å². The molecule has 4 N–H and O–H groups in total. The van der Waals surface area contributed by atoms with Crippen LogP contribution in [0.15, 0.2) is 24.3 Å². The third-order valence-corrected chi connectivity index (χ3v) is 4.04. The number of nitrogens with one attached hydrogen (secondary N) is 1. The van der Waals surface area contributed by atoms with E-state index in [9.17, 15) is 5.11 Å². The molecule has 19 heavy (non-hydrogen) atoms. The van der Waals surface area contributed by atoms with Crippen LogP contribution >= 0.6 is 0 Å². The van der Waals surface area contributed by atoms with Gasteiger partial charge in [0.05, 0.1) is 0 Å². The summed E-state index contributed by atoms with van der Waals surface area (Å²) in [5.74, 6) is 0.339. The zero-order valence-corrected chi connectivity index (χ0v) is 11.8. The third kappa shape index (κ3) is 4.84. The highest BCUT2D eigenvalue weighted by atomic mass is 16.3. The maximum absolute atomic E-state index is 9.25. The van der Waals surface area contributed by atoms with Gasteiger partial charge in [0.2, 0.25) is 0 Å². The van der Waals surface area contributed by atoms with Crippen molar-refractivity contribution in [2.45, 2.75) is 63.6 Å². The molecule has 3 heteroatoms. The average molecular weight is 262 g/mol. The first kappa shape index (κ1) is 14.4. The fourth-order valence-corrected chi connectivity index (χ4v) is 2.91. The van der Waals surface area contributed by atoms with E-state index in [1.165, 1.54) is 24.8 Å². The van der Waals surface area contributed by atoms with Crippen molar-refractivity contribution in [3.63, 3.8) is 0 Å². The molecule has 3 nitrogen and oxygen atoms in total. The van der Waals surface area contributed by atoms with E-state index in [4.69, 9.17) is 5.73 Å². The van der Waals surface area contributed by atoms with Gasteiger partial charge in [0.1, 0.15) is 5.75 Å². The van der Waals surface area contributed by atoms with Crippen LogP contribution in [-0.4, -0.2) is 23.2 Å². The Bertz CT molecular complexity index is 377. The Morgan fingerprint density at radius 2 is 2.05 bits per heavy atom. The van der Waals surface area contributed by atoms with E-state index < -0.39 is 0 Å². The number of benzene rings is 1. The maximum atomic E-state index is 9.25. The molecule has 0 saturated heterocycles. The molecule has 3 unspecified atom stereocenters. The second kappa shape index (κ2) is 6.92. The van der Waals surface area contributed by atoms with Gasteiger partial charge in [-0.15, -0.1) is 0 Å². The number of aryl methyl sites for hydroxylation is 1. The zero-order valence-electron chi connectivity index (χ0n) is 11.8. The maximum Gasteiger partial charge on any atom is 0.115 e. The van der Waals surface area contributed by atoms with E-state index in [2.05, 4.69) is 12.2 Å². The second-order valence-electron chi connectivity index (χ2n) is 5.90. The third-order valence-electron chi connectivity index (χ3n) is 4.04. The molecule has 0 amide bonds. The number of phenols is 1. The highest BCUT2D eigenvalue weighted by molar-refractivity contribution is 5.25. The van der Waals surface area contributed by atoms with Crippen molar-refractivity contribution in [3.05, 3.63) is 29.8 Å². The van der Waals surface area contributed by atoms with E-state index in [0.29, 0.717) is 23.9 Å². The van der Waals surface area contributed by atoms with Gasteiger partial charge in [-0.05, 0) is 56.7 Å². The van der Waals surface area contributed by atoms with Crippen LogP contribution < -0.4 is 11.1 Å². The average Bonchev–Trinajstić information content (AvgIpc) is 2.38. The summed E-state index contributed by atoms with van der Waals surface area (Å²) in [7, 11) is 0. The van der Waals surface area contributed by atoms with E-state index in [1.54, 1.807) is 12.1 Å². The number of aromatic hydroxyl groups is 1. The van der Waals surface area contributed by atoms with Crippen LogP contribution in [0.3, 0.4) is 0 Å². The molecule has 1 fully saturated rings. The minimum Gasteiger partial charge on any atom is -0.508 e. The van der Waals surface area contributed by atoms with Gasteiger partial charge in [-0.1, -0.05) is 18.6 Å². The van der Waals surface area contributed by atoms with E-state index in [0.717, 1.165) is 19.3 Å². The molecule has 1 aliphatic carbocycles. The molecule has 0 bridgehead atoms. The fraction of sp³-hybridized carbons (Fsp3) is 0.625. The molecule has 1 aliphatic rings. The van der Waals surface area contributed by atoms with Gasteiger partial charge in [-0.3, -0.25) is 0 Å². The number of phenolic OH excluding ortho intramolecular Hbond substituents is 1. The summed E-state index contributed by atoms with van der Waals surface area (Å²) in [4.78, 5) is 0. The lowest BCUT2D eigenvalue weighted by molar-refractivity contribution is 0.311. The van der Waals surface area contributed by atoms with Gasteiger partial charge < -0.3 is 16.2 Å². The number of nitrogens with two attached hydrogens (primary N) is 1. The summed E-state index contributed by atoms with van der Waals surface area (Å²) in [5, 5.41) is 13.0. The van der Waals surface area contributed by atoms with Crippen LogP contribution in [0, 0.1) is 0 Å². The summed E-state index contributed by atoms with van der Waals surface area (Å²) >= 11 is 0. The summed E-state index contributed by atoms with van der Waals surface area (Å²) in [5.41, 5.74) is 7.30. The first-order valence-electron chi connectivity index (χ1n) is 7.43. The Morgan fingerprint density at radius 1 is 1.32 bits per heavy atom. The molecule has 1 saturated carbocycles. The van der Waals surface area contributed by atoms with Gasteiger partial charge in [-0.2, -0.15) is 0 Å². The molecule has 0 radical (unpaired) electrons. The molecule has 0 spiro atoms. The minimum atomic E-state index is 0.339. The lowest BCUT2D eigenvalue weighted by Gasteiger charge is -2.30. The first-order chi connectivity index (χ1) is 9.13. The molecular formula is C16H26N2O. The van der Waals surface area contributed by atoms with E-state index in [1.807, 2.05) is 12.1 Å². The number of hydrogen-bond donors (Lipinski definition) is 3. The predicted molar refractivity (Wildman–Crippen MR) is 79.3 cm³/mol. The molecule has 1 aromatic carbocycles. The first-order valence-corrected chi connectivity index (χ1v) is 7.43. The van der Waals surface area contributed by atoms with Crippen LogP contribution in [-0.2, 0) is 6.42 Å². The Hall–Kier alpha value is -1.06. The van der Waals surface area contributed by atoms with Gasteiger partial charge in [0, 0.05) is 18.1 Å². The highest BCUT2D eigenvalue weighted by Gasteiger charge is 2.20. The molecule has 2 rings (SSSR count). The quantitative estimate of drug-likeness (QED) is 0.764. The van der Waals surface area contributed by atoms with Gasteiger partial charge in [-0.25, -0.2) is 0 Å². The summed E-state index contributed by atoms with van der Waals surface area (Å²) in [6.07, 6.45) is 6.98. The largest absolute Gasteiger partial charge is 0.508 e. The second-order valence-corrected chi connectivity index (χ2v) is 5.90. The highest BCUT2D eigenvalue weighted by Crippen LogP contribution is 2.18. The fourth-order valence-electron chi connectivity index (χ4n) is 2.91. The van der Waals surface area contributed by atoms with Crippen molar-refractivity contribution < 1.29 is 5.11 Å². The topological polar surface area (TPSA) is 58.3 Å². The summed E-state index contributed by atoms with van der Waals surface area (Å²) in [6.45, 7) is 2.25. The van der Waals surface area contributed by atoms with Crippen LogP contribution in [0.25, 0.3) is 0 Å². The summed E-state index contributed by atoms with van der Waals surface area (Å²) < 4.78 is 0. The van der Waals surface area contributed by atoms with Crippen LogP contribution in [0.1, 0.15) is 44.6 Å². The van der Waals surface area contributed by atoms with Crippen molar-refractivity contribution in [1.82, 2.24) is 5.32 Å². The Morgan fingerprint density at radius 3 is 2.74 bits per heavy atom. The van der Waals surface area contributed by atoms with Crippen LogP contribution in [0.5, 0.6) is 5.75 Å². The van der Waals surface area contributed by atoms with Crippen LogP contribution in [0.4, 0.5) is 0 Å². The molecular weight excluding hydrogens is 236 g/mol. The van der Waals surface area contributed by atoms with E-state index >= 15 is 0 Å². The lowest BCUT2D eigenvalue weighted by atomic mass is 9.91. The van der Waals surface area contributed by atoms with Crippen molar-refractivity contribution in [2.24, 2.45) is 5.73 Å². The molecule has 1 aromatic rings. The van der Waals surface area contributed by atoms with Gasteiger partial charge in [0.25, 0.3) is 0 Å². The molecule has 0 aromatic heterocycles. The Balaban J connectivity index is 1.72. The summed E-state index contributed by atoms with van der Waals surface area (Å²) in [6, 6.07) is 9.01. The van der Waals surface area contributed by atoms with Gasteiger partial charge in [0.15, 0.2) is 0 Å². The minimum absolute atomic E-state index is 0.339. The zero-order chi connectivity index (χ0) is 13.7. The van der Waals surface area contributed by atoms with Gasteiger partial charge >= 0.3 is 0 Å². The normalized spacial score (nSPS) is 25.2. The number of hydrogen-bond acceptors (Lipinski definition) is 3. The molecule has 106 valence electrons. The lowest BCUT2D eigenvalue weighted by Crippen LogP contribution is -2.43. The molecule has 3 atom stereocenters. The molecule has 0 heterocycles. The monoisotopic (exact) mass is 262 g/mol. The van der Waals surface area contributed by atoms with Crippen molar-refractivity contribution in [1.29, 1.82) is 0 Å². The van der Waals surface area contributed by atoms with E-state index in [-0.39, 0.29) is 0 Å². The Kier molecular flexibility index (Phi) is 5.23. The predicted octanol–water partition coefficient (Wildman–Crippen LogP) is 2.57. The van der Waals surface area contributed by atoms with Crippen LogP contribution in [0.2, 0.25) is 0 Å². The smallest absolute Gasteiger partial charge is 0.115 e. The SMILES string of the molecule is CC(CCc1ccc(O)cc1)NC1CCCC(N)C1. The molecule has 0 aliphatic heterocycles.